The second kappa shape index (κ2) is 11.6. The van der Waals surface area contributed by atoms with Gasteiger partial charge in [-0.2, -0.15) is 0 Å². The maximum atomic E-state index is 11.8. The van der Waals surface area contributed by atoms with Gasteiger partial charge in [0.05, 0.1) is 40.7 Å². The van der Waals surface area contributed by atoms with Gasteiger partial charge in [0, 0.05) is 29.9 Å². The number of likely N-dealkylation sites (tertiary alicyclic amines) is 1. The van der Waals surface area contributed by atoms with Crippen molar-refractivity contribution < 1.29 is 19.7 Å². The van der Waals surface area contributed by atoms with Crippen molar-refractivity contribution >= 4 is 45.6 Å². The van der Waals surface area contributed by atoms with E-state index in [0.29, 0.717) is 41.2 Å². The molecule has 0 aliphatic carbocycles. The third-order valence-corrected chi connectivity index (χ3v) is 7.75. The number of carbonyl (C=O) groups is 1. The van der Waals surface area contributed by atoms with E-state index < -0.39 is 17.5 Å². The minimum atomic E-state index is -0.851. The lowest BCUT2D eigenvalue weighted by Crippen LogP contribution is -2.43. The first kappa shape index (κ1) is 26.4. The van der Waals surface area contributed by atoms with Crippen LogP contribution in [0.1, 0.15) is 49.5 Å². The number of pyridine rings is 2. The van der Waals surface area contributed by atoms with Crippen molar-refractivity contribution in [2.75, 3.05) is 26.7 Å². The summed E-state index contributed by atoms with van der Waals surface area (Å²) in [6, 6.07) is 11.2. The van der Waals surface area contributed by atoms with E-state index >= 15 is 0 Å². The Hall–Kier alpha value is -2.65. The van der Waals surface area contributed by atoms with Gasteiger partial charge in [-0.25, -0.2) is 0 Å². The van der Waals surface area contributed by atoms with Crippen molar-refractivity contribution in [1.29, 1.82) is 0 Å². The summed E-state index contributed by atoms with van der Waals surface area (Å²) in [5.74, 6) is -0.169. The van der Waals surface area contributed by atoms with E-state index in [2.05, 4.69) is 14.9 Å². The quantitative estimate of drug-likeness (QED) is 0.278. The normalized spacial score (nSPS) is 16.5. The van der Waals surface area contributed by atoms with Crippen molar-refractivity contribution in [2.45, 2.75) is 38.2 Å². The standard InChI is InChI=1S/C27H30ClN3O4S/c1-35-18-5-6-21-19(14-18)26(20(28)16-30-21)23(32)7-8-27(15-25(33)34)9-12-31(13-10-27)17-24(36)22-4-2-3-11-29-22/h2-6,11,14,16,23,32H,7-10,12-13,15,17H2,1H3,(H,33,34)/t23-/m1/s1. The Morgan fingerprint density at radius 1 is 1.25 bits per heavy atom. The summed E-state index contributed by atoms with van der Waals surface area (Å²) in [6.45, 7) is 2.11. The molecule has 1 saturated heterocycles. The van der Waals surface area contributed by atoms with Crippen molar-refractivity contribution in [2.24, 2.45) is 5.41 Å². The zero-order chi connectivity index (χ0) is 25.7. The number of aliphatic hydroxyl groups excluding tert-OH is 1. The van der Waals surface area contributed by atoms with Gasteiger partial charge >= 0.3 is 5.97 Å². The Labute approximate surface area is 221 Å². The molecule has 0 radical (unpaired) electrons. The fraction of sp³-hybridized carbons (Fsp3) is 0.407. The molecule has 1 aliphatic rings. The summed E-state index contributed by atoms with van der Waals surface area (Å²) in [6.07, 6.45) is 4.90. The monoisotopic (exact) mass is 527 g/mol. The van der Waals surface area contributed by atoms with Crippen LogP contribution in [0.25, 0.3) is 10.9 Å². The van der Waals surface area contributed by atoms with Crippen LogP contribution in [0.5, 0.6) is 5.75 Å². The van der Waals surface area contributed by atoms with Crippen LogP contribution in [0, 0.1) is 5.41 Å². The number of benzene rings is 1. The molecule has 4 rings (SSSR count). The molecule has 0 saturated carbocycles. The number of carboxylic acids is 1. The number of methoxy groups -OCH3 is 1. The van der Waals surface area contributed by atoms with E-state index in [0.717, 1.165) is 41.9 Å². The first-order chi connectivity index (χ1) is 17.3. The summed E-state index contributed by atoms with van der Waals surface area (Å²) < 4.78 is 5.34. The largest absolute Gasteiger partial charge is 0.497 e. The molecular weight excluding hydrogens is 498 g/mol. The molecule has 9 heteroatoms. The number of aliphatic carboxylic acids is 1. The highest BCUT2D eigenvalue weighted by Crippen LogP contribution is 2.43. The number of hydrogen-bond donors (Lipinski definition) is 2. The van der Waals surface area contributed by atoms with Crippen LogP contribution in [0.2, 0.25) is 5.02 Å². The molecule has 2 aromatic heterocycles. The number of rotatable bonds is 10. The van der Waals surface area contributed by atoms with E-state index in [1.165, 1.54) is 0 Å². The molecule has 0 unspecified atom stereocenters. The Kier molecular flexibility index (Phi) is 8.51. The van der Waals surface area contributed by atoms with Gasteiger partial charge in [0.25, 0.3) is 0 Å². The molecule has 3 heterocycles. The van der Waals surface area contributed by atoms with Gasteiger partial charge in [-0.3, -0.25) is 19.7 Å². The lowest BCUT2D eigenvalue weighted by atomic mass is 9.71. The molecule has 36 heavy (non-hydrogen) atoms. The highest BCUT2D eigenvalue weighted by molar-refractivity contribution is 7.80. The van der Waals surface area contributed by atoms with Crippen LogP contribution in [-0.4, -0.2) is 62.7 Å². The molecule has 3 aromatic rings. The van der Waals surface area contributed by atoms with Crippen molar-refractivity contribution in [3.63, 3.8) is 0 Å². The third-order valence-electron chi connectivity index (χ3n) is 7.11. The number of halogens is 1. The zero-order valence-corrected chi connectivity index (χ0v) is 21.8. The highest BCUT2D eigenvalue weighted by atomic mass is 35.5. The van der Waals surface area contributed by atoms with Gasteiger partial charge in [0.2, 0.25) is 0 Å². The lowest BCUT2D eigenvalue weighted by molar-refractivity contribution is -0.141. The van der Waals surface area contributed by atoms with Crippen LogP contribution in [0.3, 0.4) is 0 Å². The molecule has 2 N–H and O–H groups in total. The number of hydrogen-bond acceptors (Lipinski definition) is 7. The summed E-state index contributed by atoms with van der Waals surface area (Å²) in [5, 5.41) is 22.0. The molecular formula is C27H30ClN3O4S. The summed E-state index contributed by atoms with van der Waals surface area (Å²) in [4.78, 5) is 23.5. The smallest absolute Gasteiger partial charge is 0.303 e. The fourth-order valence-corrected chi connectivity index (χ4v) is 5.63. The predicted molar refractivity (Wildman–Crippen MR) is 144 cm³/mol. The van der Waals surface area contributed by atoms with Crippen molar-refractivity contribution in [1.82, 2.24) is 14.9 Å². The van der Waals surface area contributed by atoms with E-state index in [1.54, 1.807) is 19.5 Å². The Morgan fingerprint density at radius 2 is 2.03 bits per heavy atom. The first-order valence-corrected chi connectivity index (χ1v) is 12.8. The SMILES string of the molecule is COc1ccc2ncc(Cl)c([C@H](O)CCC3(CC(=O)O)CCN(CC(=S)c4ccccn4)CC3)c2c1. The number of piperidine rings is 1. The summed E-state index contributed by atoms with van der Waals surface area (Å²) in [7, 11) is 1.58. The topological polar surface area (TPSA) is 95.8 Å². The Morgan fingerprint density at radius 3 is 2.69 bits per heavy atom. The molecule has 190 valence electrons. The first-order valence-electron chi connectivity index (χ1n) is 12.0. The average molecular weight is 528 g/mol. The third kappa shape index (κ3) is 6.18. The average Bonchev–Trinajstić information content (AvgIpc) is 2.88. The van der Waals surface area contributed by atoms with E-state index in [9.17, 15) is 15.0 Å². The van der Waals surface area contributed by atoms with E-state index in [-0.39, 0.29) is 6.42 Å². The molecule has 0 spiro atoms. The second-order valence-corrected chi connectivity index (χ2v) is 10.3. The summed E-state index contributed by atoms with van der Waals surface area (Å²) >= 11 is 12.0. The maximum Gasteiger partial charge on any atom is 0.303 e. The van der Waals surface area contributed by atoms with Crippen LogP contribution in [0.4, 0.5) is 0 Å². The van der Waals surface area contributed by atoms with Gasteiger partial charge in [0.1, 0.15) is 5.75 Å². The van der Waals surface area contributed by atoms with Crippen LogP contribution >= 0.6 is 23.8 Å². The second-order valence-electron chi connectivity index (χ2n) is 9.44. The van der Waals surface area contributed by atoms with Crippen molar-refractivity contribution in [3.8, 4) is 5.75 Å². The number of aromatic nitrogens is 2. The predicted octanol–water partition coefficient (Wildman–Crippen LogP) is 5.08. The number of nitrogens with zero attached hydrogens (tertiary/aromatic N) is 3. The minimum absolute atomic E-state index is 0.0664. The Balaban J connectivity index is 1.45. The minimum Gasteiger partial charge on any atom is -0.497 e. The number of aliphatic hydroxyl groups is 1. The number of thiocarbonyl (C=S) groups is 1. The number of fused-ring (bicyclic) bond motifs is 1. The van der Waals surface area contributed by atoms with Crippen LogP contribution < -0.4 is 4.74 Å². The van der Waals surface area contributed by atoms with Gasteiger partial charge in [0.15, 0.2) is 0 Å². The summed E-state index contributed by atoms with van der Waals surface area (Å²) in [5.41, 5.74) is 1.72. The van der Waals surface area contributed by atoms with Gasteiger partial charge in [-0.15, -0.1) is 0 Å². The highest BCUT2D eigenvalue weighted by Gasteiger charge is 2.37. The molecule has 0 bridgehead atoms. The fourth-order valence-electron chi connectivity index (χ4n) is 5.05. The molecule has 0 amide bonds. The van der Waals surface area contributed by atoms with Gasteiger partial charge in [-0.1, -0.05) is 29.9 Å². The molecule has 1 aromatic carbocycles. The van der Waals surface area contributed by atoms with Crippen molar-refractivity contribution in [3.05, 3.63) is 65.1 Å². The van der Waals surface area contributed by atoms with Crippen LogP contribution in [-0.2, 0) is 4.79 Å². The van der Waals surface area contributed by atoms with E-state index in [4.69, 9.17) is 28.6 Å². The van der Waals surface area contributed by atoms with Gasteiger partial charge in [-0.05, 0) is 74.5 Å². The number of carboxylic acid groups (broad SMARTS) is 1. The Bertz CT molecular complexity index is 1230. The maximum absolute atomic E-state index is 11.8. The zero-order valence-electron chi connectivity index (χ0n) is 20.2. The van der Waals surface area contributed by atoms with E-state index in [1.807, 2.05) is 36.4 Å². The lowest BCUT2D eigenvalue weighted by Gasteiger charge is -2.41. The van der Waals surface area contributed by atoms with Gasteiger partial charge < -0.3 is 14.9 Å². The van der Waals surface area contributed by atoms with Crippen LogP contribution in [0.15, 0.2) is 48.8 Å². The molecule has 1 fully saturated rings. The molecule has 7 nitrogen and oxygen atoms in total. The molecule has 1 aliphatic heterocycles. The molecule has 1 atom stereocenters. The number of ether oxygens (including phenoxy) is 1.